The van der Waals surface area contributed by atoms with Crippen LogP contribution in [0.25, 0.3) is 0 Å². The number of piperidine rings is 1. The highest BCUT2D eigenvalue weighted by molar-refractivity contribution is 5.57. The van der Waals surface area contributed by atoms with Crippen LogP contribution in [-0.4, -0.2) is 18.1 Å². The third-order valence-electron chi connectivity index (χ3n) is 2.92. The van der Waals surface area contributed by atoms with E-state index in [0.717, 1.165) is 24.3 Å². The molecule has 2 heterocycles. The van der Waals surface area contributed by atoms with E-state index in [0.29, 0.717) is 5.92 Å². The van der Waals surface area contributed by atoms with Crippen LogP contribution in [0.1, 0.15) is 25.3 Å². The average Bonchev–Trinajstić information content (AvgIpc) is 2.29. The average molecular weight is 201 g/mol. The predicted molar refractivity (Wildman–Crippen MR) is 59.6 cm³/mol. The second kappa shape index (κ2) is 4.31. The number of hydrogen-bond donors (Lipinski definition) is 0. The van der Waals surface area contributed by atoms with Gasteiger partial charge in [-0.25, -0.2) is 0 Å². The van der Waals surface area contributed by atoms with E-state index >= 15 is 0 Å². The minimum Gasteiger partial charge on any atom is -0.369 e. The maximum Gasteiger partial charge on any atom is 0.101 e. The van der Waals surface area contributed by atoms with Gasteiger partial charge in [0, 0.05) is 19.3 Å². The minimum atomic E-state index is 0.713. The molecule has 0 aromatic carbocycles. The van der Waals surface area contributed by atoms with Gasteiger partial charge in [0.1, 0.15) is 6.07 Å². The molecular weight excluding hydrogens is 186 g/mol. The van der Waals surface area contributed by atoms with Gasteiger partial charge in [0.25, 0.3) is 0 Å². The lowest BCUT2D eigenvalue weighted by atomic mass is 9.99. The third-order valence-corrected chi connectivity index (χ3v) is 2.92. The molecule has 1 fully saturated rings. The number of hydrogen-bond acceptors (Lipinski definition) is 3. The molecule has 3 nitrogen and oxygen atoms in total. The maximum atomic E-state index is 9.01. The summed E-state index contributed by atoms with van der Waals surface area (Å²) >= 11 is 0. The summed E-state index contributed by atoms with van der Waals surface area (Å²) in [7, 11) is 0. The molecule has 1 unspecified atom stereocenters. The summed E-state index contributed by atoms with van der Waals surface area (Å²) in [5.74, 6) is 0.713. The van der Waals surface area contributed by atoms with Gasteiger partial charge in [-0.15, -0.1) is 0 Å². The fourth-order valence-electron chi connectivity index (χ4n) is 2.14. The highest BCUT2D eigenvalue weighted by Crippen LogP contribution is 2.24. The summed E-state index contributed by atoms with van der Waals surface area (Å²) in [6, 6.07) is 4.01. The summed E-state index contributed by atoms with van der Waals surface area (Å²) in [6.07, 6.45) is 5.98. The molecule has 2 rings (SSSR count). The van der Waals surface area contributed by atoms with Gasteiger partial charge in [-0.1, -0.05) is 6.92 Å². The molecule has 78 valence electrons. The highest BCUT2D eigenvalue weighted by atomic mass is 15.1. The van der Waals surface area contributed by atoms with Gasteiger partial charge >= 0.3 is 0 Å². The van der Waals surface area contributed by atoms with Crippen molar-refractivity contribution < 1.29 is 0 Å². The van der Waals surface area contributed by atoms with Crippen molar-refractivity contribution in [2.45, 2.75) is 19.8 Å². The molecule has 1 aliphatic heterocycles. The molecule has 0 bridgehead atoms. The van der Waals surface area contributed by atoms with E-state index in [1.165, 1.54) is 12.8 Å². The van der Waals surface area contributed by atoms with E-state index in [4.69, 9.17) is 5.26 Å². The fourth-order valence-corrected chi connectivity index (χ4v) is 2.14. The summed E-state index contributed by atoms with van der Waals surface area (Å²) in [4.78, 5) is 6.38. The van der Waals surface area contributed by atoms with E-state index in [1.807, 2.05) is 0 Å². The molecule has 1 aliphatic rings. The molecule has 15 heavy (non-hydrogen) atoms. The monoisotopic (exact) mass is 201 g/mol. The lowest BCUT2D eigenvalue weighted by molar-refractivity contribution is 0.446. The standard InChI is InChI=1S/C12H15N3/c1-10-3-2-6-15(9-10)12-8-14-5-4-11(12)7-13/h4-5,8,10H,2-3,6,9H2,1H3. The smallest absolute Gasteiger partial charge is 0.101 e. The van der Waals surface area contributed by atoms with Crippen LogP contribution in [0, 0.1) is 17.2 Å². The van der Waals surface area contributed by atoms with Crippen molar-refractivity contribution in [3.05, 3.63) is 24.0 Å². The number of anilines is 1. The normalized spacial score (nSPS) is 21.1. The maximum absolute atomic E-state index is 9.01. The minimum absolute atomic E-state index is 0.713. The van der Waals surface area contributed by atoms with E-state index in [2.05, 4.69) is 22.9 Å². The number of pyridine rings is 1. The van der Waals surface area contributed by atoms with Gasteiger partial charge < -0.3 is 4.90 Å². The Hall–Kier alpha value is -1.56. The molecule has 1 saturated heterocycles. The summed E-state index contributed by atoms with van der Waals surface area (Å²) in [6.45, 7) is 4.35. The van der Waals surface area contributed by atoms with Crippen LogP contribution in [0.4, 0.5) is 5.69 Å². The zero-order chi connectivity index (χ0) is 10.7. The molecule has 0 N–H and O–H groups in total. The highest BCUT2D eigenvalue weighted by Gasteiger charge is 2.18. The number of aromatic nitrogens is 1. The predicted octanol–water partition coefficient (Wildman–Crippen LogP) is 2.19. The topological polar surface area (TPSA) is 39.9 Å². The van der Waals surface area contributed by atoms with Crippen molar-refractivity contribution in [2.75, 3.05) is 18.0 Å². The summed E-state index contributed by atoms with van der Waals surface area (Å²) in [5, 5.41) is 9.01. The first-order chi connectivity index (χ1) is 7.31. The lowest BCUT2D eigenvalue weighted by Gasteiger charge is -2.32. The first-order valence-corrected chi connectivity index (χ1v) is 5.40. The SMILES string of the molecule is CC1CCCN(c2cnccc2C#N)C1. The van der Waals surface area contributed by atoms with Crippen LogP contribution >= 0.6 is 0 Å². The van der Waals surface area contributed by atoms with Gasteiger partial charge in [0.2, 0.25) is 0 Å². The van der Waals surface area contributed by atoms with Crippen molar-refractivity contribution in [3.8, 4) is 6.07 Å². The quantitative estimate of drug-likeness (QED) is 0.699. The van der Waals surface area contributed by atoms with E-state index in [1.54, 1.807) is 18.5 Å². The molecule has 0 amide bonds. The number of nitriles is 1. The molecule has 0 radical (unpaired) electrons. The van der Waals surface area contributed by atoms with Crippen molar-refractivity contribution in [1.29, 1.82) is 5.26 Å². The van der Waals surface area contributed by atoms with Gasteiger partial charge in [-0.2, -0.15) is 5.26 Å². The Morgan fingerprint density at radius 1 is 1.60 bits per heavy atom. The molecule has 3 heteroatoms. The molecule has 1 atom stereocenters. The Labute approximate surface area is 90.4 Å². The second-order valence-electron chi connectivity index (χ2n) is 4.20. The Balaban J connectivity index is 2.25. The first-order valence-electron chi connectivity index (χ1n) is 5.40. The Morgan fingerprint density at radius 2 is 2.47 bits per heavy atom. The Bertz CT molecular complexity index is 381. The van der Waals surface area contributed by atoms with E-state index in [-0.39, 0.29) is 0 Å². The van der Waals surface area contributed by atoms with Crippen LogP contribution in [0.2, 0.25) is 0 Å². The molecule has 0 spiro atoms. The van der Waals surface area contributed by atoms with Crippen LogP contribution in [0.3, 0.4) is 0 Å². The number of nitrogens with zero attached hydrogens (tertiary/aromatic N) is 3. The molecular formula is C12H15N3. The fraction of sp³-hybridized carbons (Fsp3) is 0.500. The lowest BCUT2D eigenvalue weighted by Crippen LogP contribution is -2.34. The zero-order valence-electron chi connectivity index (χ0n) is 8.98. The molecule has 0 saturated carbocycles. The van der Waals surface area contributed by atoms with Gasteiger partial charge in [-0.05, 0) is 24.8 Å². The van der Waals surface area contributed by atoms with Crippen molar-refractivity contribution in [3.63, 3.8) is 0 Å². The number of rotatable bonds is 1. The largest absolute Gasteiger partial charge is 0.369 e. The van der Waals surface area contributed by atoms with Crippen molar-refractivity contribution >= 4 is 5.69 Å². The van der Waals surface area contributed by atoms with E-state index in [9.17, 15) is 0 Å². The van der Waals surface area contributed by atoms with E-state index < -0.39 is 0 Å². The molecule has 1 aromatic heterocycles. The Kier molecular flexibility index (Phi) is 2.86. The first kappa shape index (κ1) is 9.97. The summed E-state index contributed by atoms with van der Waals surface area (Å²) in [5.41, 5.74) is 1.73. The Morgan fingerprint density at radius 3 is 3.20 bits per heavy atom. The zero-order valence-corrected chi connectivity index (χ0v) is 8.98. The van der Waals surface area contributed by atoms with Crippen LogP contribution < -0.4 is 4.90 Å². The molecule has 0 aliphatic carbocycles. The third kappa shape index (κ3) is 2.10. The van der Waals surface area contributed by atoms with Crippen molar-refractivity contribution in [2.24, 2.45) is 5.92 Å². The van der Waals surface area contributed by atoms with Crippen molar-refractivity contribution in [1.82, 2.24) is 4.98 Å². The molecule has 1 aromatic rings. The van der Waals surface area contributed by atoms with Crippen LogP contribution in [-0.2, 0) is 0 Å². The summed E-state index contributed by atoms with van der Waals surface area (Å²) < 4.78 is 0. The van der Waals surface area contributed by atoms with Gasteiger partial charge in [0.05, 0.1) is 17.4 Å². The van der Waals surface area contributed by atoms with Gasteiger partial charge in [-0.3, -0.25) is 4.98 Å². The van der Waals surface area contributed by atoms with Gasteiger partial charge in [0.15, 0.2) is 0 Å². The van der Waals surface area contributed by atoms with Crippen LogP contribution in [0.5, 0.6) is 0 Å². The van der Waals surface area contributed by atoms with Crippen LogP contribution in [0.15, 0.2) is 18.5 Å². The second-order valence-corrected chi connectivity index (χ2v) is 4.20.